The predicted molar refractivity (Wildman–Crippen MR) is 151 cm³/mol. The van der Waals surface area contributed by atoms with Gasteiger partial charge in [-0.25, -0.2) is 4.98 Å². The SMILES string of the molecule is CC(C)CC(=O)N1CCOCC1[C@H]1NC=C(c2ccc(-c3ccc4cc(-c5cnc[nH]5)ccc4c3)cc2)N1. The number of H-pyrrole nitrogens is 1. The van der Waals surface area contributed by atoms with Crippen LogP contribution < -0.4 is 10.6 Å². The first kappa shape index (κ1) is 24.2. The number of rotatable bonds is 6. The lowest BCUT2D eigenvalue weighted by molar-refractivity contribution is -0.142. The maximum absolute atomic E-state index is 12.8. The Bertz CT molecular complexity index is 1460. The third-order valence-electron chi connectivity index (χ3n) is 7.35. The van der Waals surface area contributed by atoms with Crippen LogP contribution in [0.25, 0.3) is 38.9 Å². The lowest BCUT2D eigenvalue weighted by Crippen LogP contribution is -2.59. The minimum absolute atomic E-state index is 0.0468. The van der Waals surface area contributed by atoms with Crippen LogP contribution in [0, 0.1) is 5.92 Å². The van der Waals surface area contributed by atoms with Crippen molar-refractivity contribution in [3.8, 4) is 22.4 Å². The van der Waals surface area contributed by atoms with E-state index >= 15 is 0 Å². The Morgan fingerprint density at radius 3 is 2.45 bits per heavy atom. The molecule has 1 amide bonds. The van der Waals surface area contributed by atoms with Gasteiger partial charge in [0.1, 0.15) is 6.17 Å². The van der Waals surface area contributed by atoms with E-state index in [0.717, 1.165) is 22.5 Å². The number of imidazole rings is 1. The summed E-state index contributed by atoms with van der Waals surface area (Å²) in [5, 5.41) is 9.42. The van der Waals surface area contributed by atoms with Gasteiger partial charge in [-0.2, -0.15) is 0 Å². The summed E-state index contributed by atoms with van der Waals surface area (Å²) < 4.78 is 5.74. The molecule has 1 fully saturated rings. The summed E-state index contributed by atoms with van der Waals surface area (Å²) in [5.41, 5.74) is 6.62. The van der Waals surface area contributed by atoms with Gasteiger partial charge in [0, 0.05) is 24.7 Å². The number of hydrogen-bond acceptors (Lipinski definition) is 5. The van der Waals surface area contributed by atoms with Crippen molar-refractivity contribution in [3.05, 3.63) is 85.0 Å². The fourth-order valence-corrected chi connectivity index (χ4v) is 5.32. The van der Waals surface area contributed by atoms with Crippen LogP contribution in [-0.4, -0.2) is 52.7 Å². The number of carbonyl (C=O) groups is 1. The van der Waals surface area contributed by atoms with E-state index in [4.69, 9.17) is 4.74 Å². The average molecular weight is 508 g/mol. The molecule has 2 aliphatic heterocycles. The molecule has 38 heavy (non-hydrogen) atoms. The second-order valence-corrected chi connectivity index (χ2v) is 10.5. The lowest BCUT2D eigenvalue weighted by Gasteiger charge is -2.39. The molecule has 0 bridgehead atoms. The minimum atomic E-state index is -0.0757. The van der Waals surface area contributed by atoms with Gasteiger partial charge in [-0.3, -0.25) is 4.79 Å². The van der Waals surface area contributed by atoms with Gasteiger partial charge in [0.2, 0.25) is 5.91 Å². The van der Waals surface area contributed by atoms with Crippen LogP contribution >= 0.6 is 0 Å². The molecule has 194 valence electrons. The first-order chi connectivity index (χ1) is 18.5. The van der Waals surface area contributed by atoms with Gasteiger partial charge in [0.15, 0.2) is 0 Å². The fraction of sp³-hybridized carbons (Fsp3) is 0.290. The first-order valence-electron chi connectivity index (χ1n) is 13.3. The van der Waals surface area contributed by atoms with Crippen LogP contribution in [0.2, 0.25) is 0 Å². The number of hydrogen-bond donors (Lipinski definition) is 3. The summed E-state index contributed by atoms with van der Waals surface area (Å²) >= 11 is 0. The van der Waals surface area contributed by atoms with Gasteiger partial charge >= 0.3 is 0 Å². The molecular formula is C31H33N5O2. The number of aromatic amines is 1. The van der Waals surface area contributed by atoms with E-state index in [0.29, 0.717) is 32.1 Å². The van der Waals surface area contributed by atoms with E-state index in [-0.39, 0.29) is 18.1 Å². The molecule has 0 aliphatic carbocycles. The number of fused-ring (bicyclic) bond motifs is 1. The largest absolute Gasteiger partial charge is 0.377 e. The van der Waals surface area contributed by atoms with Crippen LogP contribution in [0.1, 0.15) is 25.8 Å². The molecule has 3 N–H and O–H groups in total. The highest BCUT2D eigenvalue weighted by Gasteiger charge is 2.35. The molecule has 3 aromatic carbocycles. The molecule has 6 rings (SSSR count). The Labute approximate surface area is 222 Å². The maximum atomic E-state index is 12.8. The molecule has 2 atom stereocenters. The summed E-state index contributed by atoms with van der Waals surface area (Å²) in [5.74, 6) is 0.535. The number of carbonyl (C=O) groups excluding carboxylic acids is 1. The molecule has 4 aromatic rings. The predicted octanol–water partition coefficient (Wildman–Crippen LogP) is 4.99. The number of amides is 1. The number of morpholine rings is 1. The van der Waals surface area contributed by atoms with Crippen molar-refractivity contribution in [2.45, 2.75) is 32.5 Å². The van der Waals surface area contributed by atoms with Crippen molar-refractivity contribution in [2.24, 2.45) is 5.92 Å². The van der Waals surface area contributed by atoms with E-state index in [2.05, 4.69) is 95.1 Å². The summed E-state index contributed by atoms with van der Waals surface area (Å²) in [6.45, 7) is 5.92. The van der Waals surface area contributed by atoms with Crippen molar-refractivity contribution in [1.82, 2.24) is 25.5 Å². The van der Waals surface area contributed by atoms with Crippen LogP contribution in [-0.2, 0) is 9.53 Å². The zero-order chi connectivity index (χ0) is 26.1. The van der Waals surface area contributed by atoms with Crippen LogP contribution in [0.15, 0.2) is 79.4 Å². The number of nitrogens with one attached hydrogen (secondary N) is 3. The normalized spacial score (nSPS) is 19.3. The van der Waals surface area contributed by atoms with Crippen molar-refractivity contribution in [3.63, 3.8) is 0 Å². The topological polar surface area (TPSA) is 82.3 Å². The zero-order valence-electron chi connectivity index (χ0n) is 21.8. The van der Waals surface area contributed by atoms with Crippen LogP contribution in [0.3, 0.4) is 0 Å². The Morgan fingerprint density at radius 1 is 1.00 bits per heavy atom. The average Bonchev–Trinajstić information content (AvgIpc) is 3.65. The van der Waals surface area contributed by atoms with Gasteiger partial charge in [-0.1, -0.05) is 62.4 Å². The van der Waals surface area contributed by atoms with E-state index in [1.165, 1.54) is 21.9 Å². The third kappa shape index (κ3) is 4.89. The molecule has 7 heteroatoms. The fourth-order valence-electron chi connectivity index (χ4n) is 5.32. The Hall–Kier alpha value is -4.10. The number of aromatic nitrogens is 2. The molecule has 0 saturated carbocycles. The van der Waals surface area contributed by atoms with Gasteiger partial charge in [0.05, 0.1) is 43.2 Å². The Kier molecular flexibility index (Phi) is 6.60. The van der Waals surface area contributed by atoms with Crippen molar-refractivity contribution >= 4 is 22.4 Å². The Balaban J connectivity index is 1.15. The summed E-state index contributed by atoms with van der Waals surface area (Å²) in [4.78, 5) is 22.1. The van der Waals surface area contributed by atoms with Gasteiger partial charge in [-0.05, 0) is 45.5 Å². The molecule has 2 aliphatic rings. The molecule has 1 saturated heterocycles. The Morgan fingerprint density at radius 2 is 1.71 bits per heavy atom. The molecule has 7 nitrogen and oxygen atoms in total. The monoisotopic (exact) mass is 507 g/mol. The van der Waals surface area contributed by atoms with E-state index in [9.17, 15) is 4.79 Å². The number of ether oxygens (including phenoxy) is 1. The smallest absolute Gasteiger partial charge is 0.223 e. The van der Waals surface area contributed by atoms with Gasteiger partial charge < -0.3 is 25.3 Å². The molecule has 0 radical (unpaired) electrons. The first-order valence-corrected chi connectivity index (χ1v) is 13.3. The standard InChI is InChI=1S/C31H33N5O2/c1-20(2)13-30(37)36-11-12-38-18-29(36)31-33-17-28(35-31)22-5-3-21(4-6-22)23-7-8-25-15-26(10-9-24(25)14-23)27-16-32-19-34-27/h3-10,14-17,19-20,29,31,33,35H,11-13,18H2,1-2H3,(H,32,34)/t29?,31-/m0/s1. The number of nitrogens with zero attached hydrogens (tertiary/aromatic N) is 2. The van der Waals surface area contributed by atoms with Crippen LogP contribution in [0.5, 0.6) is 0 Å². The van der Waals surface area contributed by atoms with E-state index in [1.807, 2.05) is 17.3 Å². The molecule has 1 unspecified atom stereocenters. The van der Waals surface area contributed by atoms with Gasteiger partial charge in [0.25, 0.3) is 0 Å². The van der Waals surface area contributed by atoms with Crippen LogP contribution in [0.4, 0.5) is 0 Å². The molecule has 1 aromatic heterocycles. The third-order valence-corrected chi connectivity index (χ3v) is 7.35. The second kappa shape index (κ2) is 10.3. The van der Waals surface area contributed by atoms with Gasteiger partial charge in [-0.15, -0.1) is 0 Å². The van der Waals surface area contributed by atoms with Crippen molar-refractivity contribution in [1.29, 1.82) is 0 Å². The summed E-state index contributed by atoms with van der Waals surface area (Å²) in [7, 11) is 0. The summed E-state index contributed by atoms with van der Waals surface area (Å²) in [6.07, 6.45) is 6.04. The molecule has 3 heterocycles. The summed E-state index contributed by atoms with van der Waals surface area (Å²) in [6, 6.07) is 21.6. The second-order valence-electron chi connectivity index (χ2n) is 10.5. The number of benzene rings is 3. The lowest BCUT2D eigenvalue weighted by atomic mass is 9.98. The minimum Gasteiger partial charge on any atom is -0.377 e. The highest BCUT2D eigenvalue weighted by Crippen LogP contribution is 2.29. The highest BCUT2D eigenvalue weighted by atomic mass is 16.5. The maximum Gasteiger partial charge on any atom is 0.223 e. The van der Waals surface area contributed by atoms with Crippen molar-refractivity contribution < 1.29 is 9.53 Å². The highest BCUT2D eigenvalue weighted by molar-refractivity contribution is 5.90. The molecular weight excluding hydrogens is 474 g/mol. The van der Waals surface area contributed by atoms with Crippen molar-refractivity contribution in [2.75, 3.05) is 19.8 Å². The van der Waals surface area contributed by atoms with E-state index < -0.39 is 0 Å². The quantitative estimate of drug-likeness (QED) is 0.343. The molecule has 0 spiro atoms. The van der Waals surface area contributed by atoms with E-state index in [1.54, 1.807) is 6.33 Å². The zero-order valence-corrected chi connectivity index (χ0v) is 21.8.